The first-order valence-electron chi connectivity index (χ1n) is 27.0. The molecule has 6 aromatic rings. The quantitative estimate of drug-likeness (QED) is 0.126. The number of carbonyl (C=O) groups excluding carboxylic acids is 2. The Morgan fingerprint density at radius 1 is 0.838 bits per heavy atom. The first-order chi connectivity index (χ1) is 35.0. The maximum absolute atomic E-state index is 14.0. The van der Waals surface area contributed by atoms with Gasteiger partial charge in [-0.25, -0.2) is 4.98 Å². The molecule has 3 aliphatic carbocycles. The lowest BCUT2D eigenvalue weighted by molar-refractivity contribution is -0.127. The summed E-state index contributed by atoms with van der Waals surface area (Å²) >= 11 is 3.60. The number of piperidine rings is 1. The molecule has 1 aliphatic heterocycles. The first-order valence-corrected chi connectivity index (χ1v) is 27.8. The number of aliphatic hydroxyl groups is 1. The van der Waals surface area contributed by atoms with E-state index in [9.17, 15) is 14.7 Å². The molecule has 1 aromatic heterocycles. The van der Waals surface area contributed by atoms with Crippen LogP contribution in [0.3, 0.4) is 0 Å². The van der Waals surface area contributed by atoms with Crippen molar-refractivity contribution in [3.63, 3.8) is 0 Å². The van der Waals surface area contributed by atoms with Crippen LogP contribution >= 0.6 is 15.9 Å². The third-order valence-electron chi connectivity index (χ3n) is 17.9. The number of rotatable bonds is 10. The van der Waals surface area contributed by atoms with E-state index < -0.39 is 11.5 Å². The van der Waals surface area contributed by atoms with Crippen LogP contribution in [0.25, 0.3) is 21.7 Å². The topological polar surface area (TPSA) is 104 Å². The number of amides is 1. The van der Waals surface area contributed by atoms with Gasteiger partial charge in [0.05, 0.1) is 12.6 Å². The lowest BCUT2D eigenvalue weighted by atomic mass is 9.50. The van der Waals surface area contributed by atoms with Crippen molar-refractivity contribution < 1.29 is 19.4 Å². The van der Waals surface area contributed by atoms with E-state index in [4.69, 9.17) is 9.72 Å². The highest BCUT2D eigenvalue weighted by Crippen LogP contribution is 2.64. The van der Waals surface area contributed by atoms with E-state index in [1.54, 1.807) is 7.11 Å². The van der Waals surface area contributed by atoms with Crippen molar-refractivity contribution in [3.8, 4) is 5.88 Å². The Kier molecular flexibility index (Phi) is 14.9. The standard InChI is InChI=1S/C33H48N2O2.C32H31BrN2O2/c1-30(2,3)20-9-10-25(31(4,5)6)27(17-20)35-29(37)26-12-11-23-22-19-34-28-18-21(36)13-15-33(28,8)24(22)14-16-32(23,26)7;1-35(2)19-18-32(36,28-15-9-13-22-10-7-8-14-26(22)28)30(23-11-5-4-6-12-23)27-21-24-20-25(33)16-17-29(24)34-31(27)37-3/h9-10,17-18,22-24,26,34H,11-16,19H2,1-8H3,(H,35,37);4-17,20-21,30,36H,18-19H2,1-3H3/t22?,23?,24?,26-,32+,33-;30-,32-/m11/s1. The molecule has 0 radical (unpaired) electrons. The number of ether oxygens (including phenoxy) is 1. The fourth-order valence-electron chi connectivity index (χ4n) is 13.9. The summed E-state index contributed by atoms with van der Waals surface area (Å²) in [6.45, 7) is 19.8. The smallest absolute Gasteiger partial charge is 0.228 e. The molecule has 390 valence electrons. The Morgan fingerprint density at radius 3 is 2.28 bits per heavy atom. The number of pyridine rings is 1. The predicted octanol–water partition coefficient (Wildman–Crippen LogP) is 14.3. The molecule has 5 aromatic carbocycles. The van der Waals surface area contributed by atoms with Crippen LogP contribution in [0.15, 0.2) is 132 Å². The van der Waals surface area contributed by atoms with E-state index in [0.717, 1.165) is 87.2 Å². The van der Waals surface area contributed by atoms with Gasteiger partial charge in [0.15, 0.2) is 5.78 Å². The summed E-state index contributed by atoms with van der Waals surface area (Å²) in [5.41, 5.74) is 7.06. The highest BCUT2D eigenvalue weighted by atomic mass is 79.9. The van der Waals surface area contributed by atoms with Crippen molar-refractivity contribution in [2.24, 2.45) is 34.5 Å². The molecule has 3 N–H and O–H groups in total. The lowest BCUT2D eigenvalue weighted by Crippen LogP contribution is -2.57. The van der Waals surface area contributed by atoms with Crippen LogP contribution in [0.1, 0.15) is 134 Å². The second kappa shape index (κ2) is 20.6. The SMILES string of the molecule is CC(C)(C)c1ccc(C(C)(C)C)c(NC(=O)[C@H]2CCC3C4CNC5=CC(=O)CC[C@]5(C)C4CC[C@@]32C)c1.COc1nc2ccc(Br)cc2cc1[C@@H](c1ccccc1)[C@@](O)(CCN(C)C)c1cccc2ccccc12. The van der Waals surface area contributed by atoms with Gasteiger partial charge in [-0.05, 0) is 150 Å². The number of carbonyl (C=O) groups is 2. The summed E-state index contributed by atoms with van der Waals surface area (Å²) in [5.74, 6) is 2.33. The second-order valence-corrected chi connectivity index (χ2v) is 25.8. The van der Waals surface area contributed by atoms with Crippen LogP contribution in [0.2, 0.25) is 0 Å². The summed E-state index contributed by atoms with van der Waals surface area (Å²) in [6.07, 6.45) is 8.38. The van der Waals surface area contributed by atoms with Crippen LogP contribution in [-0.4, -0.2) is 61.0 Å². The maximum Gasteiger partial charge on any atom is 0.228 e. The van der Waals surface area contributed by atoms with Crippen LogP contribution in [0.4, 0.5) is 5.69 Å². The Labute approximate surface area is 449 Å². The van der Waals surface area contributed by atoms with Gasteiger partial charge >= 0.3 is 0 Å². The number of hydrogen-bond donors (Lipinski definition) is 3. The third-order valence-corrected chi connectivity index (χ3v) is 18.4. The number of methoxy groups -OCH3 is 1. The number of allylic oxidation sites excluding steroid dienone is 2. The molecular weight excluding hydrogens is 981 g/mol. The van der Waals surface area contributed by atoms with Gasteiger partial charge in [-0.1, -0.05) is 156 Å². The molecule has 3 unspecified atom stereocenters. The molecule has 10 rings (SSSR count). The number of nitrogens with zero attached hydrogens (tertiary/aromatic N) is 2. The number of aromatic nitrogens is 1. The van der Waals surface area contributed by atoms with Crippen molar-refractivity contribution in [1.29, 1.82) is 0 Å². The minimum Gasteiger partial charge on any atom is -0.481 e. The largest absolute Gasteiger partial charge is 0.481 e. The maximum atomic E-state index is 14.0. The number of anilines is 1. The van der Waals surface area contributed by atoms with E-state index in [1.165, 1.54) is 16.8 Å². The summed E-state index contributed by atoms with van der Waals surface area (Å²) in [5, 5.41) is 23.3. The highest BCUT2D eigenvalue weighted by Gasteiger charge is 2.60. The summed E-state index contributed by atoms with van der Waals surface area (Å²) < 4.78 is 6.86. The van der Waals surface area contributed by atoms with Crippen molar-refractivity contribution in [2.45, 2.75) is 123 Å². The first kappa shape index (κ1) is 53.5. The van der Waals surface area contributed by atoms with Crippen LogP contribution in [0, 0.1) is 34.5 Å². The highest BCUT2D eigenvalue weighted by molar-refractivity contribution is 9.10. The molecule has 0 bridgehead atoms. The van der Waals surface area contributed by atoms with Crippen molar-refractivity contribution in [2.75, 3.05) is 39.6 Å². The zero-order valence-corrected chi connectivity index (χ0v) is 47.3. The van der Waals surface area contributed by atoms with Gasteiger partial charge in [-0.15, -0.1) is 0 Å². The summed E-state index contributed by atoms with van der Waals surface area (Å²) in [6, 6.07) is 39.5. The third kappa shape index (κ3) is 10.2. The molecule has 1 saturated heterocycles. The van der Waals surface area contributed by atoms with Gasteiger partial charge in [-0.3, -0.25) is 9.59 Å². The molecule has 9 heteroatoms. The van der Waals surface area contributed by atoms with Gasteiger partial charge in [-0.2, -0.15) is 0 Å². The second-order valence-electron chi connectivity index (χ2n) is 24.9. The predicted molar refractivity (Wildman–Crippen MR) is 307 cm³/mol. The number of benzene rings is 5. The minimum atomic E-state index is -1.25. The fraction of sp³-hybridized carbons (Fsp3) is 0.462. The molecule has 8 atom stereocenters. The van der Waals surface area contributed by atoms with Crippen molar-refractivity contribution in [1.82, 2.24) is 15.2 Å². The van der Waals surface area contributed by atoms with Crippen molar-refractivity contribution >= 4 is 55.0 Å². The number of fused-ring (bicyclic) bond motifs is 7. The van der Waals surface area contributed by atoms with Gasteiger partial charge < -0.3 is 25.4 Å². The number of nitrogens with one attached hydrogen (secondary N) is 2. The molecule has 2 saturated carbocycles. The average molecular weight is 1060 g/mol. The molecule has 8 nitrogen and oxygen atoms in total. The van der Waals surface area contributed by atoms with E-state index in [-0.39, 0.29) is 39.3 Å². The minimum absolute atomic E-state index is 0.0263. The number of halogens is 1. The molecule has 4 aliphatic rings. The van der Waals surface area contributed by atoms with Crippen molar-refractivity contribution in [3.05, 3.63) is 159 Å². The van der Waals surface area contributed by atoms with Gasteiger partial charge in [0.1, 0.15) is 5.60 Å². The molecular formula is C65H79BrN4O4. The van der Waals surface area contributed by atoms with Crippen LogP contribution in [-0.2, 0) is 26.0 Å². The summed E-state index contributed by atoms with van der Waals surface area (Å²) in [4.78, 5) is 33.1. The zero-order valence-electron chi connectivity index (χ0n) is 45.7. The van der Waals surface area contributed by atoms with E-state index in [2.05, 4.69) is 154 Å². The summed E-state index contributed by atoms with van der Waals surface area (Å²) in [7, 11) is 5.73. The molecule has 74 heavy (non-hydrogen) atoms. The van der Waals surface area contributed by atoms with E-state index in [1.807, 2.05) is 68.7 Å². The lowest BCUT2D eigenvalue weighted by Gasteiger charge is -2.58. The molecule has 1 amide bonds. The molecule has 0 spiro atoms. The average Bonchev–Trinajstić information content (AvgIpc) is 3.73. The van der Waals surface area contributed by atoms with E-state index in [0.29, 0.717) is 43.0 Å². The number of ketones is 1. The molecule has 2 heterocycles. The fourth-order valence-corrected chi connectivity index (χ4v) is 14.2. The van der Waals surface area contributed by atoms with E-state index >= 15 is 0 Å². The Balaban J connectivity index is 0.000000182. The Bertz CT molecular complexity index is 3080. The van der Waals surface area contributed by atoms with Gasteiger partial charge in [0, 0.05) is 69.6 Å². The van der Waals surface area contributed by atoms with Crippen LogP contribution in [0.5, 0.6) is 5.88 Å². The number of hydrogen-bond acceptors (Lipinski definition) is 7. The Morgan fingerprint density at radius 2 is 1.57 bits per heavy atom. The monoisotopic (exact) mass is 1060 g/mol. The molecule has 3 fully saturated rings. The van der Waals surface area contributed by atoms with Crippen LogP contribution < -0.4 is 15.4 Å². The zero-order chi connectivity index (χ0) is 53.0. The van der Waals surface area contributed by atoms with Gasteiger partial charge in [0.2, 0.25) is 11.8 Å². The van der Waals surface area contributed by atoms with Gasteiger partial charge in [0.25, 0.3) is 0 Å². The normalized spacial score (nSPS) is 24.8. The Hall–Kier alpha value is -5.35.